The van der Waals surface area contributed by atoms with Gasteiger partial charge in [-0.1, -0.05) is 24.6 Å². The molecule has 164 valence electrons. The van der Waals surface area contributed by atoms with Gasteiger partial charge in [0.2, 0.25) is 0 Å². The normalized spacial score (nSPS) is 25.8. The van der Waals surface area contributed by atoms with Gasteiger partial charge < -0.3 is 15.5 Å². The average Bonchev–Trinajstić information content (AvgIpc) is 3.16. The number of H-pyrrole nitrogens is 1. The number of aromatic amines is 1. The van der Waals surface area contributed by atoms with Crippen LogP contribution in [0.4, 0.5) is 0 Å². The lowest BCUT2D eigenvalue weighted by Gasteiger charge is -2.55. The van der Waals surface area contributed by atoms with E-state index in [0.29, 0.717) is 17.5 Å². The predicted molar refractivity (Wildman–Crippen MR) is 123 cm³/mol. The number of ether oxygens (including phenoxy) is 1. The standard InChI is InChI=1S/C24H28N4O2.ClH/c1-30-24(17-9-10-26-22(11-17)23(25)29)18-5-4-6-19(24)15-28(14-18)13-16-12-27-21-8-3-2-7-20(16)21;/h2-3,7-12,18-19,27H,4-6,13-15H2,1H3,(H2,25,29);1H/t18-,19+,24-;. The molecule has 3 N–H and O–H groups in total. The van der Waals surface area contributed by atoms with Gasteiger partial charge in [-0.2, -0.15) is 0 Å². The molecule has 0 spiro atoms. The number of pyridine rings is 1. The van der Waals surface area contributed by atoms with Gasteiger partial charge in [-0.25, -0.2) is 0 Å². The van der Waals surface area contributed by atoms with Crippen molar-refractivity contribution >= 4 is 29.2 Å². The summed E-state index contributed by atoms with van der Waals surface area (Å²) in [6.07, 6.45) is 7.27. The quantitative estimate of drug-likeness (QED) is 0.631. The highest BCUT2D eigenvalue weighted by Gasteiger charge is 2.53. The number of nitrogens with one attached hydrogen (secondary N) is 1. The number of rotatable bonds is 5. The van der Waals surface area contributed by atoms with Crippen LogP contribution >= 0.6 is 12.4 Å². The number of piperidine rings is 1. The number of hydrogen-bond donors (Lipinski definition) is 2. The highest BCUT2D eigenvalue weighted by Crippen LogP contribution is 2.51. The summed E-state index contributed by atoms with van der Waals surface area (Å²) >= 11 is 0. The lowest BCUT2D eigenvalue weighted by molar-refractivity contribution is -0.170. The Morgan fingerprint density at radius 1 is 1.26 bits per heavy atom. The minimum atomic E-state index is -0.495. The number of amides is 1. The Kier molecular flexibility index (Phi) is 6.06. The molecule has 1 saturated carbocycles. The lowest BCUT2D eigenvalue weighted by atomic mass is 9.62. The molecule has 3 aromatic rings. The van der Waals surface area contributed by atoms with E-state index in [2.05, 4.69) is 45.3 Å². The van der Waals surface area contributed by atoms with E-state index in [1.54, 1.807) is 6.20 Å². The van der Waals surface area contributed by atoms with Crippen molar-refractivity contribution in [2.24, 2.45) is 17.6 Å². The van der Waals surface area contributed by atoms with E-state index in [1.165, 1.54) is 22.9 Å². The maximum atomic E-state index is 11.7. The smallest absolute Gasteiger partial charge is 0.267 e. The molecule has 3 atom stereocenters. The molecular weight excluding hydrogens is 412 g/mol. The van der Waals surface area contributed by atoms with Gasteiger partial charge in [-0.05, 0) is 42.2 Å². The zero-order valence-electron chi connectivity index (χ0n) is 17.7. The van der Waals surface area contributed by atoms with Crippen LogP contribution in [0.2, 0.25) is 0 Å². The van der Waals surface area contributed by atoms with E-state index in [-0.39, 0.29) is 18.0 Å². The number of aromatic nitrogens is 2. The second-order valence-electron chi connectivity index (χ2n) is 8.67. The molecule has 0 radical (unpaired) electrons. The predicted octanol–water partition coefficient (Wildman–Crippen LogP) is 3.86. The lowest BCUT2D eigenvalue weighted by Crippen LogP contribution is -2.58. The fourth-order valence-electron chi connectivity index (χ4n) is 5.89. The fraction of sp³-hybridized carbons (Fsp3) is 0.417. The molecule has 5 rings (SSSR count). The number of likely N-dealkylation sites (tertiary alicyclic amines) is 1. The largest absolute Gasteiger partial charge is 0.373 e. The SMILES string of the molecule is CO[C@]1(c2ccnc(C(N)=O)c2)[C@@H]2CCC[C@H]1CN(Cc1c[nH]c3ccccc13)C2.Cl. The van der Waals surface area contributed by atoms with Crippen molar-refractivity contribution in [3.63, 3.8) is 0 Å². The number of fused-ring (bicyclic) bond motifs is 3. The van der Waals surface area contributed by atoms with Crippen molar-refractivity contribution < 1.29 is 9.53 Å². The zero-order chi connectivity index (χ0) is 20.7. The maximum Gasteiger partial charge on any atom is 0.267 e. The van der Waals surface area contributed by atoms with Gasteiger partial charge in [0, 0.05) is 61.9 Å². The van der Waals surface area contributed by atoms with Gasteiger partial charge in [0.05, 0.1) is 0 Å². The van der Waals surface area contributed by atoms with Crippen LogP contribution in [0.1, 0.15) is 40.9 Å². The molecule has 2 aromatic heterocycles. The van der Waals surface area contributed by atoms with Gasteiger partial charge in [-0.15, -0.1) is 12.4 Å². The zero-order valence-corrected chi connectivity index (χ0v) is 18.5. The van der Waals surface area contributed by atoms with Gasteiger partial charge in [-0.3, -0.25) is 14.7 Å². The van der Waals surface area contributed by atoms with Crippen LogP contribution in [0.5, 0.6) is 0 Å². The average molecular weight is 441 g/mol. The molecule has 1 aliphatic carbocycles. The molecule has 1 aromatic carbocycles. The van der Waals surface area contributed by atoms with E-state index in [1.807, 2.05) is 19.2 Å². The van der Waals surface area contributed by atoms with Crippen LogP contribution < -0.4 is 5.73 Å². The third kappa shape index (κ3) is 3.63. The van der Waals surface area contributed by atoms with Crippen LogP contribution in [-0.4, -0.2) is 41.0 Å². The van der Waals surface area contributed by atoms with Crippen molar-refractivity contribution in [1.29, 1.82) is 0 Å². The van der Waals surface area contributed by atoms with Crippen molar-refractivity contribution in [3.8, 4) is 0 Å². The highest BCUT2D eigenvalue weighted by atomic mass is 35.5. The number of hydrogen-bond acceptors (Lipinski definition) is 4. The summed E-state index contributed by atoms with van der Waals surface area (Å²) in [5.41, 5.74) is 8.99. The number of benzene rings is 1. The monoisotopic (exact) mass is 440 g/mol. The van der Waals surface area contributed by atoms with Crippen molar-refractivity contribution in [2.75, 3.05) is 20.2 Å². The Morgan fingerprint density at radius 2 is 2.00 bits per heavy atom. The van der Waals surface area contributed by atoms with Crippen LogP contribution in [0.25, 0.3) is 10.9 Å². The van der Waals surface area contributed by atoms with Crippen molar-refractivity contribution in [3.05, 3.63) is 65.6 Å². The third-order valence-corrected chi connectivity index (χ3v) is 7.15. The second kappa shape index (κ2) is 8.61. The Morgan fingerprint density at radius 3 is 2.71 bits per heavy atom. The number of primary amides is 1. The Hall–Kier alpha value is -2.41. The summed E-state index contributed by atoms with van der Waals surface area (Å²) < 4.78 is 6.31. The van der Waals surface area contributed by atoms with Gasteiger partial charge in [0.15, 0.2) is 0 Å². The van der Waals surface area contributed by atoms with E-state index in [4.69, 9.17) is 10.5 Å². The van der Waals surface area contributed by atoms with E-state index in [9.17, 15) is 4.79 Å². The number of halogens is 1. The minimum absolute atomic E-state index is 0. The Labute approximate surface area is 188 Å². The summed E-state index contributed by atoms with van der Waals surface area (Å²) in [4.78, 5) is 21.8. The molecule has 7 heteroatoms. The number of para-hydroxylation sites is 1. The molecule has 1 saturated heterocycles. The fourth-order valence-corrected chi connectivity index (χ4v) is 5.89. The second-order valence-corrected chi connectivity index (χ2v) is 8.67. The van der Waals surface area contributed by atoms with Crippen molar-refractivity contribution in [1.82, 2.24) is 14.9 Å². The number of carbonyl (C=O) groups excluding carboxylic acids is 1. The molecule has 2 bridgehead atoms. The molecular formula is C24H29ClN4O2. The highest BCUT2D eigenvalue weighted by molar-refractivity contribution is 5.90. The number of nitrogens with zero attached hydrogens (tertiary/aromatic N) is 2. The summed E-state index contributed by atoms with van der Waals surface area (Å²) in [7, 11) is 1.81. The molecule has 2 fully saturated rings. The van der Waals surface area contributed by atoms with E-state index < -0.39 is 5.91 Å². The molecule has 2 aliphatic rings. The molecule has 3 heterocycles. The summed E-state index contributed by atoms with van der Waals surface area (Å²) in [6, 6.07) is 12.3. The summed E-state index contributed by atoms with van der Waals surface area (Å²) in [5, 5.41) is 1.30. The third-order valence-electron chi connectivity index (χ3n) is 7.15. The number of nitrogens with two attached hydrogens (primary N) is 1. The van der Waals surface area contributed by atoms with Crippen LogP contribution in [-0.2, 0) is 16.9 Å². The first-order valence-corrected chi connectivity index (χ1v) is 10.7. The minimum Gasteiger partial charge on any atom is -0.373 e. The van der Waals surface area contributed by atoms with E-state index >= 15 is 0 Å². The van der Waals surface area contributed by atoms with Gasteiger partial charge in [0.1, 0.15) is 11.3 Å². The summed E-state index contributed by atoms with van der Waals surface area (Å²) in [6.45, 7) is 2.87. The summed E-state index contributed by atoms with van der Waals surface area (Å²) in [5.74, 6) is 0.233. The first kappa shape index (κ1) is 21.8. The van der Waals surface area contributed by atoms with Crippen LogP contribution in [0.15, 0.2) is 48.8 Å². The molecule has 1 aliphatic heterocycles. The van der Waals surface area contributed by atoms with Gasteiger partial charge in [0.25, 0.3) is 5.91 Å². The van der Waals surface area contributed by atoms with Crippen LogP contribution in [0, 0.1) is 11.8 Å². The van der Waals surface area contributed by atoms with Crippen molar-refractivity contribution in [2.45, 2.75) is 31.4 Å². The molecule has 6 nitrogen and oxygen atoms in total. The molecule has 31 heavy (non-hydrogen) atoms. The first-order chi connectivity index (χ1) is 14.6. The number of carbonyl (C=O) groups is 1. The van der Waals surface area contributed by atoms with E-state index in [0.717, 1.165) is 38.0 Å². The first-order valence-electron chi connectivity index (χ1n) is 10.7. The Bertz CT molecular complexity index is 1070. The Balaban J connectivity index is 0.00000231. The van der Waals surface area contributed by atoms with Gasteiger partial charge >= 0.3 is 0 Å². The topological polar surface area (TPSA) is 84.2 Å². The van der Waals surface area contributed by atoms with Crippen LogP contribution in [0.3, 0.4) is 0 Å². The molecule has 1 amide bonds. The number of methoxy groups -OCH3 is 1. The maximum absolute atomic E-state index is 11.7. The molecule has 0 unspecified atom stereocenters.